The Balaban J connectivity index is 1.25. The molecule has 3 nitrogen and oxygen atoms in total. The summed E-state index contributed by atoms with van der Waals surface area (Å²) < 4.78 is 7.18. The number of nitrogens with zero attached hydrogens (tertiary/aromatic N) is 2. The van der Waals surface area contributed by atoms with Crippen LogP contribution < -0.4 is 20.6 Å². The lowest BCUT2D eigenvalue weighted by atomic mass is 9.41. The van der Waals surface area contributed by atoms with Gasteiger partial charge in [0.15, 0.2) is 5.58 Å². The van der Waals surface area contributed by atoms with Gasteiger partial charge in [0, 0.05) is 38.8 Å². The molecule has 0 spiro atoms. The quantitative estimate of drug-likeness (QED) is 0.164. The van der Waals surface area contributed by atoms with Crippen LogP contribution in [0.25, 0.3) is 33.1 Å². The zero-order valence-electron chi connectivity index (χ0n) is 34.6. The van der Waals surface area contributed by atoms with Crippen molar-refractivity contribution in [1.82, 2.24) is 0 Å². The molecular formula is C55H47BN2O. The van der Waals surface area contributed by atoms with E-state index in [2.05, 4.69) is 190 Å². The van der Waals surface area contributed by atoms with Gasteiger partial charge < -0.3 is 14.1 Å². The number of anilines is 4. The van der Waals surface area contributed by atoms with Gasteiger partial charge in [-0.1, -0.05) is 168 Å². The molecule has 1 aromatic heterocycles. The lowest BCUT2D eigenvalue weighted by Crippen LogP contribution is -2.65. The number of rotatable bonds is 2. The molecule has 1 aliphatic carbocycles. The fourth-order valence-electron chi connectivity index (χ4n) is 12.9. The second-order valence-electron chi connectivity index (χ2n) is 19.5. The van der Waals surface area contributed by atoms with E-state index >= 15 is 0 Å². The molecule has 2 atom stereocenters. The van der Waals surface area contributed by atoms with Gasteiger partial charge in [-0.2, -0.15) is 0 Å². The van der Waals surface area contributed by atoms with E-state index in [0.29, 0.717) is 0 Å². The van der Waals surface area contributed by atoms with Gasteiger partial charge >= 0.3 is 6.85 Å². The minimum Gasteiger partial charge on any atom is -0.454 e. The fraction of sp³-hybridized carbons (Fsp3) is 0.236. The normalized spacial score (nSPS) is 21.5. The van der Waals surface area contributed by atoms with Gasteiger partial charge in [-0.25, -0.2) is 0 Å². The first-order valence-electron chi connectivity index (χ1n) is 21.8. The molecule has 5 aliphatic rings. The summed E-state index contributed by atoms with van der Waals surface area (Å²) in [5, 5.41) is 2.39. The Morgan fingerprint density at radius 3 is 2.03 bits per heavy atom. The average molecular weight is 763 g/mol. The van der Waals surface area contributed by atoms with E-state index in [-0.39, 0.29) is 23.2 Å². The molecule has 0 N–H and O–H groups in total. The Kier molecular flexibility index (Phi) is 6.43. The summed E-state index contributed by atoms with van der Waals surface area (Å²) in [6.07, 6.45) is 4.80. The van der Waals surface area contributed by atoms with Gasteiger partial charge in [0.1, 0.15) is 5.58 Å². The highest BCUT2D eigenvalue weighted by Gasteiger charge is 2.63. The van der Waals surface area contributed by atoms with Crippen molar-refractivity contribution in [3.05, 3.63) is 179 Å². The van der Waals surface area contributed by atoms with E-state index in [9.17, 15) is 0 Å². The molecule has 0 saturated heterocycles. The van der Waals surface area contributed by atoms with E-state index in [0.717, 1.165) is 17.6 Å². The molecule has 13 rings (SSSR count). The smallest absolute Gasteiger partial charge is 0.333 e. The first-order valence-corrected chi connectivity index (χ1v) is 21.8. The van der Waals surface area contributed by atoms with Gasteiger partial charge in [-0.05, 0) is 93.2 Å². The number of hydrogen-bond donors (Lipinski definition) is 0. The molecule has 1 fully saturated rings. The molecule has 59 heavy (non-hydrogen) atoms. The molecule has 8 aromatic rings. The lowest BCUT2D eigenvalue weighted by molar-refractivity contribution is 0.195. The zero-order valence-corrected chi connectivity index (χ0v) is 34.6. The highest BCUT2D eigenvalue weighted by Crippen LogP contribution is 2.65. The third-order valence-corrected chi connectivity index (χ3v) is 15.8. The van der Waals surface area contributed by atoms with Crippen LogP contribution in [0.5, 0.6) is 0 Å². The first-order chi connectivity index (χ1) is 28.7. The standard InChI is InChI=1S/C55H47BN2O/c1-52(2,3)36-31-43-49-44(32-36)56-47-39(33-40-37-23-12-15-28-46(37)59-51(40)50(47)57(49)54(5)30-17-16-29-53(43,54)4)38-24-18-26-42-48(38)58(56)45-27-14-13-25-41(45)55(42,34-19-8-6-9-20-34)35-21-10-7-11-22-35/h6-15,18-28,31-33H,16-17,29-30H2,1-5H3. The monoisotopic (exact) mass is 762 g/mol. The summed E-state index contributed by atoms with van der Waals surface area (Å²) in [5.74, 6) is 0. The maximum Gasteiger partial charge on any atom is 0.333 e. The largest absolute Gasteiger partial charge is 0.454 e. The summed E-state index contributed by atoms with van der Waals surface area (Å²) in [6.45, 7) is 12.3. The Morgan fingerprint density at radius 2 is 1.27 bits per heavy atom. The van der Waals surface area contributed by atoms with Crippen molar-refractivity contribution < 1.29 is 4.42 Å². The first kappa shape index (κ1) is 33.9. The molecule has 0 radical (unpaired) electrons. The topological polar surface area (TPSA) is 19.6 Å². The summed E-state index contributed by atoms with van der Waals surface area (Å²) in [5.41, 5.74) is 20.1. The molecular weight excluding hydrogens is 715 g/mol. The fourth-order valence-corrected chi connectivity index (χ4v) is 12.9. The van der Waals surface area contributed by atoms with Crippen LogP contribution in [0.3, 0.4) is 0 Å². The summed E-state index contributed by atoms with van der Waals surface area (Å²) in [6, 6.07) is 55.4. The summed E-state index contributed by atoms with van der Waals surface area (Å²) >= 11 is 0. The number of hydrogen-bond acceptors (Lipinski definition) is 3. The number of benzene rings is 7. The molecule has 286 valence electrons. The Morgan fingerprint density at radius 1 is 0.593 bits per heavy atom. The summed E-state index contributed by atoms with van der Waals surface area (Å²) in [4.78, 5) is 5.61. The van der Waals surface area contributed by atoms with Crippen molar-refractivity contribution in [2.24, 2.45) is 0 Å². The van der Waals surface area contributed by atoms with Crippen LogP contribution in [-0.2, 0) is 16.2 Å². The minimum absolute atomic E-state index is 0.0283. The molecule has 0 bridgehead atoms. The van der Waals surface area contributed by atoms with Crippen LogP contribution in [0.15, 0.2) is 150 Å². The van der Waals surface area contributed by atoms with Crippen molar-refractivity contribution in [2.45, 2.75) is 82.1 Å². The molecule has 2 unspecified atom stereocenters. The Hall–Kier alpha value is -6.00. The van der Waals surface area contributed by atoms with Crippen molar-refractivity contribution in [2.75, 3.05) is 9.71 Å². The number of furan rings is 1. The molecule has 4 aliphatic heterocycles. The van der Waals surface area contributed by atoms with Crippen LogP contribution >= 0.6 is 0 Å². The summed E-state index contributed by atoms with van der Waals surface area (Å²) in [7, 11) is 0. The second-order valence-corrected chi connectivity index (χ2v) is 19.5. The van der Waals surface area contributed by atoms with Gasteiger partial charge in [-0.15, -0.1) is 0 Å². The predicted molar refractivity (Wildman–Crippen MR) is 246 cm³/mol. The molecule has 5 heterocycles. The maximum atomic E-state index is 7.18. The van der Waals surface area contributed by atoms with Crippen molar-refractivity contribution in [3.8, 4) is 11.1 Å². The third kappa shape index (κ3) is 3.93. The predicted octanol–water partition coefficient (Wildman–Crippen LogP) is 12.6. The van der Waals surface area contributed by atoms with E-state index in [1.807, 2.05) is 0 Å². The van der Waals surface area contributed by atoms with Crippen LogP contribution in [-0.4, -0.2) is 12.4 Å². The van der Waals surface area contributed by atoms with E-state index < -0.39 is 5.41 Å². The highest BCUT2D eigenvalue weighted by atomic mass is 16.3. The Labute approximate surface area is 347 Å². The molecule has 4 heteroatoms. The third-order valence-electron chi connectivity index (χ3n) is 15.8. The second kappa shape index (κ2) is 11.2. The maximum absolute atomic E-state index is 7.18. The van der Waals surface area contributed by atoms with E-state index in [1.165, 1.54) is 108 Å². The van der Waals surface area contributed by atoms with Gasteiger partial charge in [0.25, 0.3) is 0 Å². The highest BCUT2D eigenvalue weighted by molar-refractivity contribution is 6.94. The molecule has 1 saturated carbocycles. The van der Waals surface area contributed by atoms with Gasteiger partial charge in [-0.3, -0.25) is 0 Å². The number of fused-ring (bicyclic) bond motifs is 13. The van der Waals surface area contributed by atoms with Crippen LogP contribution in [0.4, 0.5) is 22.7 Å². The van der Waals surface area contributed by atoms with E-state index in [4.69, 9.17) is 4.42 Å². The van der Waals surface area contributed by atoms with Gasteiger partial charge in [0.05, 0.1) is 16.6 Å². The van der Waals surface area contributed by atoms with Gasteiger partial charge in [0.2, 0.25) is 0 Å². The van der Waals surface area contributed by atoms with Crippen LogP contribution in [0.1, 0.15) is 93.7 Å². The van der Waals surface area contributed by atoms with Crippen molar-refractivity contribution in [3.63, 3.8) is 0 Å². The minimum atomic E-state index is -0.542. The van der Waals surface area contributed by atoms with Crippen LogP contribution in [0.2, 0.25) is 0 Å². The van der Waals surface area contributed by atoms with Crippen molar-refractivity contribution in [1.29, 1.82) is 0 Å². The molecule has 0 amide bonds. The van der Waals surface area contributed by atoms with E-state index in [1.54, 1.807) is 0 Å². The Bertz CT molecular complexity index is 3060. The van der Waals surface area contributed by atoms with Crippen LogP contribution in [0, 0.1) is 0 Å². The zero-order chi connectivity index (χ0) is 39.6. The SMILES string of the molecule is CC(C)(C)c1cc2c3c(c1)C1(C)CCCCC1(C)N3c1c3c(cc4c1oc1ccccc14)-c1cccc4c1N(B23)c1ccccc1C4(c1ccccc1)c1ccccc1. The number of para-hydroxylation sites is 3. The van der Waals surface area contributed by atoms with Crippen molar-refractivity contribution >= 4 is 62.5 Å². The molecule has 7 aromatic carbocycles. The average Bonchev–Trinajstić information content (AvgIpc) is 3.73. The lowest BCUT2D eigenvalue weighted by Gasteiger charge is -2.55.